The minimum Gasteiger partial charge on any atom is -0.497 e. The smallest absolute Gasteiger partial charge is 0.277 e. The topological polar surface area (TPSA) is 95.5 Å². The number of Topliss-reactive ketones (excluding diaryl/α,β-unsaturated/α-hetero) is 1. The van der Waals surface area contributed by atoms with Crippen LogP contribution in [0.5, 0.6) is 17.2 Å². The van der Waals surface area contributed by atoms with E-state index in [9.17, 15) is 9.59 Å². The zero-order chi connectivity index (χ0) is 23.9. The number of fused-ring (bicyclic) bond motifs is 2. The molecule has 0 fully saturated rings. The van der Waals surface area contributed by atoms with Gasteiger partial charge in [-0.15, -0.1) is 0 Å². The van der Waals surface area contributed by atoms with Crippen molar-refractivity contribution in [2.45, 2.75) is 5.60 Å². The second kappa shape index (κ2) is 8.22. The third-order valence-electron chi connectivity index (χ3n) is 6.20. The predicted octanol–water partition coefficient (Wildman–Crippen LogP) is 3.79. The molecule has 0 aliphatic carbocycles. The van der Waals surface area contributed by atoms with Crippen LogP contribution in [0.1, 0.15) is 21.5 Å². The maximum atomic E-state index is 14.0. The molecule has 5 rings (SSSR count). The Bertz CT molecular complexity index is 1320. The van der Waals surface area contributed by atoms with Crippen molar-refractivity contribution in [3.05, 3.63) is 83.4 Å². The van der Waals surface area contributed by atoms with Crippen molar-refractivity contribution >= 4 is 23.1 Å². The normalized spacial score (nSPS) is 20.3. The molecule has 0 bridgehead atoms. The first-order chi connectivity index (χ1) is 16.5. The molecular weight excluding hydrogens is 436 g/mol. The van der Waals surface area contributed by atoms with E-state index in [0.717, 1.165) is 0 Å². The highest BCUT2D eigenvalue weighted by molar-refractivity contribution is 6.24. The quantitative estimate of drug-likeness (QED) is 0.565. The summed E-state index contributed by atoms with van der Waals surface area (Å²) in [6.45, 7) is 0. The van der Waals surface area contributed by atoms with Crippen LogP contribution < -0.4 is 19.5 Å². The van der Waals surface area contributed by atoms with E-state index in [1.807, 2.05) is 6.07 Å². The summed E-state index contributed by atoms with van der Waals surface area (Å²) >= 11 is 0. The van der Waals surface area contributed by atoms with Gasteiger partial charge in [0.1, 0.15) is 17.4 Å². The molecule has 0 radical (unpaired) electrons. The van der Waals surface area contributed by atoms with Crippen molar-refractivity contribution in [1.82, 2.24) is 0 Å². The Morgan fingerprint density at radius 2 is 1.68 bits per heavy atom. The van der Waals surface area contributed by atoms with Crippen molar-refractivity contribution in [2.24, 2.45) is 11.1 Å². The van der Waals surface area contributed by atoms with Crippen LogP contribution in [0.3, 0.4) is 0 Å². The van der Waals surface area contributed by atoms with Gasteiger partial charge in [-0.1, -0.05) is 23.4 Å². The summed E-state index contributed by atoms with van der Waals surface area (Å²) in [5.41, 5.74) is 0.832. The summed E-state index contributed by atoms with van der Waals surface area (Å²) in [5, 5.41) is 7.14. The fourth-order valence-electron chi connectivity index (χ4n) is 4.50. The minimum absolute atomic E-state index is 0.305. The molecule has 0 saturated heterocycles. The fourth-order valence-corrected chi connectivity index (χ4v) is 4.50. The van der Waals surface area contributed by atoms with Gasteiger partial charge in [0.25, 0.3) is 11.5 Å². The molecule has 0 aromatic heterocycles. The van der Waals surface area contributed by atoms with Gasteiger partial charge in [0.2, 0.25) is 0 Å². The number of nitrogens with zero attached hydrogens (tertiary/aromatic N) is 1. The van der Waals surface area contributed by atoms with E-state index < -0.39 is 17.4 Å². The lowest BCUT2D eigenvalue weighted by Gasteiger charge is -2.26. The zero-order valence-electron chi connectivity index (χ0n) is 18.8. The van der Waals surface area contributed by atoms with Gasteiger partial charge in [-0.3, -0.25) is 9.59 Å². The van der Waals surface area contributed by atoms with E-state index in [-0.39, 0.29) is 5.78 Å². The molecular formula is C26H22N2O6. The maximum absolute atomic E-state index is 14.0. The fraction of sp³-hybridized carbons (Fsp3) is 0.192. The highest BCUT2D eigenvalue weighted by Gasteiger charge is 2.63. The van der Waals surface area contributed by atoms with Crippen LogP contribution >= 0.6 is 0 Å². The number of methoxy groups -OCH3 is 3. The lowest BCUT2D eigenvalue weighted by Crippen LogP contribution is -2.46. The molecule has 0 unspecified atom stereocenters. The van der Waals surface area contributed by atoms with E-state index in [0.29, 0.717) is 45.3 Å². The summed E-state index contributed by atoms with van der Waals surface area (Å²) in [6, 6.07) is 19.1. The number of hydrogen-bond donors (Lipinski definition) is 1. The standard InChI is InChI=1S/C26H22N2O6/c1-31-17-11-8-15(9-12-17)24(29)22-23(16-10-13-20(32-2)21(14-16)33-3)28-34-26(22)18-6-4-5-7-19(18)27-25(26)30/h4-14,22H,1-3H3,(H,27,30)/t22-,26+/m1/s1. The van der Waals surface area contributed by atoms with E-state index in [1.165, 1.54) is 7.11 Å². The van der Waals surface area contributed by atoms with E-state index in [1.54, 1.807) is 74.9 Å². The van der Waals surface area contributed by atoms with Crippen LogP contribution in [0.25, 0.3) is 0 Å². The number of carbonyl (C=O) groups is 2. The first kappa shape index (κ1) is 21.5. The number of amides is 1. The van der Waals surface area contributed by atoms with Gasteiger partial charge >= 0.3 is 0 Å². The number of benzene rings is 3. The number of carbonyl (C=O) groups excluding carboxylic acids is 2. The lowest BCUT2D eigenvalue weighted by atomic mass is 9.74. The highest BCUT2D eigenvalue weighted by Crippen LogP contribution is 2.50. The molecule has 1 N–H and O–H groups in total. The number of ether oxygens (including phenoxy) is 3. The molecule has 0 saturated carbocycles. The number of oxime groups is 1. The first-order valence-corrected chi connectivity index (χ1v) is 10.6. The Hall–Kier alpha value is -4.33. The van der Waals surface area contributed by atoms with Crippen LogP contribution in [0.15, 0.2) is 71.9 Å². The van der Waals surface area contributed by atoms with Crippen molar-refractivity contribution in [2.75, 3.05) is 26.6 Å². The molecule has 34 heavy (non-hydrogen) atoms. The number of anilines is 1. The molecule has 3 aromatic rings. The molecule has 1 spiro atoms. The van der Waals surface area contributed by atoms with Gasteiger partial charge in [0.05, 0.1) is 21.3 Å². The van der Waals surface area contributed by atoms with E-state index in [2.05, 4.69) is 10.5 Å². The Labute approximate surface area is 196 Å². The van der Waals surface area contributed by atoms with Crippen LogP contribution in [-0.4, -0.2) is 38.7 Å². The van der Waals surface area contributed by atoms with Crippen molar-refractivity contribution in [3.8, 4) is 17.2 Å². The molecule has 2 atom stereocenters. The number of rotatable bonds is 6. The van der Waals surface area contributed by atoms with Gasteiger partial charge in [0, 0.05) is 22.4 Å². The Morgan fingerprint density at radius 1 is 0.941 bits per heavy atom. The van der Waals surface area contributed by atoms with Gasteiger partial charge in [-0.05, 0) is 48.5 Å². The number of hydrogen-bond acceptors (Lipinski definition) is 7. The summed E-state index contributed by atoms with van der Waals surface area (Å²) in [5.74, 6) is -0.173. The van der Waals surface area contributed by atoms with Crippen LogP contribution in [0.4, 0.5) is 5.69 Å². The molecule has 8 heteroatoms. The average Bonchev–Trinajstić information content (AvgIpc) is 3.42. The molecule has 2 aliphatic heterocycles. The average molecular weight is 458 g/mol. The van der Waals surface area contributed by atoms with Crippen LogP contribution in [0.2, 0.25) is 0 Å². The van der Waals surface area contributed by atoms with Crippen LogP contribution in [0, 0.1) is 5.92 Å². The monoisotopic (exact) mass is 458 g/mol. The zero-order valence-corrected chi connectivity index (χ0v) is 18.8. The molecule has 1 amide bonds. The molecule has 2 aliphatic rings. The SMILES string of the molecule is COc1ccc(C(=O)[C@H]2C(c3ccc(OC)c(OC)c3)=NO[C@]23C(=O)Nc2ccccc23)cc1. The van der Waals surface area contributed by atoms with Crippen molar-refractivity contribution in [3.63, 3.8) is 0 Å². The third-order valence-corrected chi connectivity index (χ3v) is 6.20. The highest BCUT2D eigenvalue weighted by atomic mass is 16.7. The van der Waals surface area contributed by atoms with E-state index in [4.69, 9.17) is 19.0 Å². The number of nitrogens with one attached hydrogen (secondary N) is 1. The maximum Gasteiger partial charge on any atom is 0.277 e. The van der Waals surface area contributed by atoms with Crippen LogP contribution in [-0.2, 0) is 15.2 Å². The Kier molecular flexibility index (Phi) is 5.20. The largest absolute Gasteiger partial charge is 0.497 e. The van der Waals surface area contributed by atoms with Crippen molar-refractivity contribution < 1.29 is 28.6 Å². The minimum atomic E-state index is -1.63. The predicted molar refractivity (Wildman–Crippen MR) is 125 cm³/mol. The summed E-state index contributed by atoms with van der Waals surface area (Å²) in [7, 11) is 4.62. The molecule has 3 aromatic carbocycles. The Morgan fingerprint density at radius 3 is 2.38 bits per heavy atom. The second-order valence-electron chi connectivity index (χ2n) is 7.90. The number of para-hydroxylation sites is 1. The van der Waals surface area contributed by atoms with Gasteiger partial charge in [0.15, 0.2) is 17.3 Å². The van der Waals surface area contributed by atoms with E-state index >= 15 is 0 Å². The van der Waals surface area contributed by atoms with Gasteiger partial charge in [-0.25, -0.2) is 0 Å². The molecule has 2 heterocycles. The van der Waals surface area contributed by atoms with Gasteiger partial charge in [-0.2, -0.15) is 0 Å². The third kappa shape index (κ3) is 3.10. The summed E-state index contributed by atoms with van der Waals surface area (Å²) in [4.78, 5) is 33.3. The van der Waals surface area contributed by atoms with Crippen molar-refractivity contribution in [1.29, 1.82) is 0 Å². The molecule has 8 nitrogen and oxygen atoms in total. The summed E-state index contributed by atoms with van der Waals surface area (Å²) in [6.07, 6.45) is 0. The molecule has 172 valence electrons. The summed E-state index contributed by atoms with van der Waals surface area (Å²) < 4.78 is 16.0. The second-order valence-corrected chi connectivity index (χ2v) is 7.90. The lowest BCUT2D eigenvalue weighted by molar-refractivity contribution is -0.140. The first-order valence-electron chi connectivity index (χ1n) is 10.6. The Balaban J connectivity index is 1.67. The number of ketones is 1. The van der Waals surface area contributed by atoms with Gasteiger partial charge < -0.3 is 24.4 Å².